The van der Waals surface area contributed by atoms with Crippen LogP contribution in [0.2, 0.25) is 0 Å². The summed E-state index contributed by atoms with van der Waals surface area (Å²) in [6, 6.07) is 4.57. The molecule has 1 aliphatic rings. The molecule has 1 aliphatic carbocycles. The fraction of sp³-hybridized carbons (Fsp3) is 0.455. The molecule has 1 aromatic carbocycles. The third-order valence-electron chi connectivity index (χ3n) is 2.83. The molecule has 76 valence electrons. The molecule has 0 aromatic heterocycles. The van der Waals surface area contributed by atoms with Crippen LogP contribution in [0, 0.1) is 5.82 Å². The molecule has 14 heavy (non-hydrogen) atoms. The van der Waals surface area contributed by atoms with E-state index in [1.807, 2.05) is 6.07 Å². The largest absolute Gasteiger partial charge is 0.387 e. The summed E-state index contributed by atoms with van der Waals surface area (Å²) >= 11 is 0. The van der Waals surface area contributed by atoms with Crippen LogP contribution in [0.3, 0.4) is 0 Å². The second-order valence-electron chi connectivity index (χ2n) is 3.81. The first-order valence-corrected chi connectivity index (χ1v) is 4.91. The summed E-state index contributed by atoms with van der Waals surface area (Å²) in [5.41, 5.74) is 7.04. The Balaban J connectivity index is 2.49. The quantitative estimate of drug-likeness (QED) is 0.616. The third-order valence-corrected chi connectivity index (χ3v) is 2.83. The van der Waals surface area contributed by atoms with Crippen molar-refractivity contribution in [3.63, 3.8) is 0 Å². The average Bonchev–Trinajstić information content (AvgIpc) is 2.29. The Bertz CT molecular complexity index is 340. The lowest BCUT2D eigenvalue weighted by Gasteiger charge is -2.17. The van der Waals surface area contributed by atoms with E-state index in [9.17, 15) is 9.50 Å². The van der Waals surface area contributed by atoms with Crippen LogP contribution >= 0.6 is 0 Å². The van der Waals surface area contributed by atoms with Gasteiger partial charge in [-0.25, -0.2) is 4.39 Å². The molecule has 0 fully saturated rings. The van der Waals surface area contributed by atoms with Crippen molar-refractivity contribution in [2.45, 2.75) is 31.4 Å². The minimum atomic E-state index is -0.853. The van der Waals surface area contributed by atoms with Crippen LogP contribution in [0.1, 0.15) is 30.1 Å². The highest BCUT2D eigenvalue weighted by Gasteiger charge is 2.25. The fourth-order valence-corrected chi connectivity index (χ4v) is 2.03. The molecule has 0 aliphatic heterocycles. The highest BCUT2D eigenvalue weighted by atomic mass is 19.1. The monoisotopic (exact) mass is 195 g/mol. The number of nitrogens with two attached hydrogens (primary N) is 1. The van der Waals surface area contributed by atoms with Gasteiger partial charge >= 0.3 is 0 Å². The molecule has 0 radical (unpaired) electrons. The van der Waals surface area contributed by atoms with Gasteiger partial charge < -0.3 is 10.8 Å². The Kier molecular flexibility index (Phi) is 2.52. The second-order valence-corrected chi connectivity index (χ2v) is 3.81. The highest BCUT2D eigenvalue weighted by molar-refractivity contribution is 5.32. The Hall–Kier alpha value is -0.930. The van der Waals surface area contributed by atoms with Crippen LogP contribution < -0.4 is 5.73 Å². The van der Waals surface area contributed by atoms with Crippen molar-refractivity contribution in [2.24, 2.45) is 5.73 Å². The van der Waals surface area contributed by atoms with E-state index in [4.69, 9.17) is 5.73 Å². The molecule has 0 amide bonds. The van der Waals surface area contributed by atoms with Gasteiger partial charge in [0.1, 0.15) is 5.82 Å². The number of hydrogen-bond donors (Lipinski definition) is 2. The average molecular weight is 195 g/mol. The fourth-order valence-electron chi connectivity index (χ4n) is 2.03. The van der Waals surface area contributed by atoms with E-state index >= 15 is 0 Å². The van der Waals surface area contributed by atoms with E-state index in [-0.39, 0.29) is 11.9 Å². The first-order chi connectivity index (χ1) is 6.70. The molecule has 0 heterocycles. The number of fused-ring (bicyclic) bond motifs is 1. The van der Waals surface area contributed by atoms with Crippen molar-refractivity contribution in [1.29, 1.82) is 0 Å². The molecule has 2 nitrogen and oxygen atoms in total. The lowest BCUT2D eigenvalue weighted by atomic mass is 9.99. The predicted molar refractivity (Wildman–Crippen MR) is 52.3 cm³/mol. The smallest absolute Gasteiger partial charge is 0.129 e. The van der Waals surface area contributed by atoms with Gasteiger partial charge in [0, 0.05) is 11.6 Å². The molecule has 1 aromatic rings. The minimum Gasteiger partial charge on any atom is -0.387 e. The standard InChI is InChI=1S/C11H14FNO/c12-8-5-1-3-7-4-2-6-9(13)11(14)10(7)8/h1,3,5,9,11,14H,2,4,6,13H2/t9-,11-/m0/s1. The summed E-state index contributed by atoms with van der Waals surface area (Å²) in [6.45, 7) is 0. The Labute approximate surface area is 82.5 Å². The Morgan fingerprint density at radius 3 is 3.00 bits per heavy atom. The van der Waals surface area contributed by atoms with Gasteiger partial charge in [0.15, 0.2) is 0 Å². The number of aliphatic hydroxyl groups excluding tert-OH is 1. The SMILES string of the molecule is N[C@H]1CCCc2cccc(F)c2[C@H]1O. The Morgan fingerprint density at radius 1 is 1.43 bits per heavy atom. The molecule has 0 bridgehead atoms. The lowest BCUT2D eigenvalue weighted by molar-refractivity contribution is 0.140. The number of benzene rings is 1. The zero-order chi connectivity index (χ0) is 10.1. The number of aliphatic hydroxyl groups is 1. The van der Waals surface area contributed by atoms with Crippen molar-refractivity contribution in [3.8, 4) is 0 Å². The number of rotatable bonds is 0. The van der Waals surface area contributed by atoms with Crippen molar-refractivity contribution in [1.82, 2.24) is 0 Å². The molecule has 0 unspecified atom stereocenters. The number of aryl methyl sites for hydroxylation is 1. The maximum Gasteiger partial charge on any atom is 0.129 e. The molecule has 0 saturated carbocycles. The van der Waals surface area contributed by atoms with E-state index in [0.717, 1.165) is 24.8 Å². The van der Waals surface area contributed by atoms with Crippen LogP contribution in [0.5, 0.6) is 0 Å². The summed E-state index contributed by atoms with van der Waals surface area (Å²) in [6.07, 6.45) is 1.61. The maximum absolute atomic E-state index is 13.5. The molecule has 2 rings (SSSR count). The summed E-state index contributed by atoms with van der Waals surface area (Å²) in [5, 5.41) is 9.83. The summed E-state index contributed by atoms with van der Waals surface area (Å²) in [5.74, 6) is -0.340. The number of halogens is 1. The summed E-state index contributed by atoms with van der Waals surface area (Å²) in [7, 11) is 0. The van der Waals surface area contributed by atoms with Crippen LogP contribution in [0.15, 0.2) is 18.2 Å². The van der Waals surface area contributed by atoms with Crippen LogP contribution in [-0.4, -0.2) is 11.1 Å². The van der Waals surface area contributed by atoms with Gasteiger partial charge in [-0.2, -0.15) is 0 Å². The summed E-state index contributed by atoms with van der Waals surface area (Å²) < 4.78 is 13.5. The van der Waals surface area contributed by atoms with Crippen LogP contribution in [-0.2, 0) is 6.42 Å². The Morgan fingerprint density at radius 2 is 2.21 bits per heavy atom. The minimum absolute atomic E-state index is 0.340. The van der Waals surface area contributed by atoms with E-state index in [1.54, 1.807) is 6.07 Å². The van der Waals surface area contributed by atoms with Crippen molar-refractivity contribution < 1.29 is 9.50 Å². The summed E-state index contributed by atoms with van der Waals surface area (Å²) in [4.78, 5) is 0. The van der Waals surface area contributed by atoms with Crippen LogP contribution in [0.25, 0.3) is 0 Å². The van der Waals surface area contributed by atoms with Crippen molar-refractivity contribution in [3.05, 3.63) is 35.1 Å². The third kappa shape index (κ3) is 1.53. The normalized spacial score (nSPS) is 26.8. The van der Waals surface area contributed by atoms with Crippen LogP contribution in [0.4, 0.5) is 4.39 Å². The van der Waals surface area contributed by atoms with Gasteiger partial charge in [-0.15, -0.1) is 0 Å². The van der Waals surface area contributed by atoms with Gasteiger partial charge in [-0.3, -0.25) is 0 Å². The highest BCUT2D eigenvalue weighted by Crippen LogP contribution is 2.29. The van der Waals surface area contributed by atoms with Crippen molar-refractivity contribution in [2.75, 3.05) is 0 Å². The molecule has 0 saturated heterocycles. The molecular weight excluding hydrogens is 181 g/mol. The van der Waals surface area contributed by atoms with E-state index < -0.39 is 6.10 Å². The number of hydrogen-bond acceptors (Lipinski definition) is 2. The lowest BCUT2D eigenvalue weighted by Crippen LogP contribution is -2.27. The first kappa shape index (κ1) is 9.62. The topological polar surface area (TPSA) is 46.2 Å². The van der Waals surface area contributed by atoms with Crippen molar-refractivity contribution >= 4 is 0 Å². The molecule has 2 atom stereocenters. The van der Waals surface area contributed by atoms with Gasteiger partial charge in [0.25, 0.3) is 0 Å². The van der Waals surface area contributed by atoms with Gasteiger partial charge in [-0.05, 0) is 30.9 Å². The van der Waals surface area contributed by atoms with Gasteiger partial charge in [0.2, 0.25) is 0 Å². The molecular formula is C11H14FNO. The molecule has 3 heteroatoms. The van der Waals surface area contributed by atoms with Gasteiger partial charge in [-0.1, -0.05) is 12.1 Å². The van der Waals surface area contributed by atoms with E-state index in [2.05, 4.69) is 0 Å². The van der Waals surface area contributed by atoms with E-state index in [1.165, 1.54) is 6.07 Å². The first-order valence-electron chi connectivity index (χ1n) is 4.91. The molecule has 3 N–H and O–H groups in total. The maximum atomic E-state index is 13.5. The second kappa shape index (κ2) is 3.67. The zero-order valence-electron chi connectivity index (χ0n) is 7.91. The zero-order valence-corrected chi connectivity index (χ0v) is 7.91. The van der Waals surface area contributed by atoms with Gasteiger partial charge in [0.05, 0.1) is 6.10 Å². The predicted octanol–water partition coefficient (Wildman–Crippen LogP) is 1.52. The molecule has 0 spiro atoms. The van der Waals surface area contributed by atoms with E-state index in [0.29, 0.717) is 5.56 Å².